The van der Waals surface area contributed by atoms with Crippen LogP contribution in [0.1, 0.15) is 0 Å². The molecule has 9 heteroatoms. The lowest BCUT2D eigenvalue weighted by Gasteiger charge is -2.10. The van der Waals surface area contributed by atoms with Crippen molar-refractivity contribution in [1.82, 2.24) is 0 Å². The first-order valence-corrected chi connectivity index (χ1v) is 6.92. The van der Waals surface area contributed by atoms with Crippen molar-refractivity contribution >= 4 is 21.4 Å². The molecule has 0 aliphatic rings. The fraction of sp³-hybridized carbons (Fsp3) is 0. The molecule has 0 atom stereocenters. The zero-order valence-corrected chi connectivity index (χ0v) is 11.0. The van der Waals surface area contributed by atoms with Gasteiger partial charge >= 0.3 is 0 Å². The maximum Gasteiger partial charge on any atom is 0.265 e. The zero-order valence-electron chi connectivity index (χ0n) is 10.2. The lowest BCUT2D eigenvalue weighted by molar-refractivity contribution is 0.432. The van der Waals surface area contributed by atoms with E-state index < -0.39 is 43.9 Å². The third kappa shape index (κ3) is 2.92. The maximum absolute atomic E-state index is 13.5. The molecule has 112 valence electrons. The van der Waals surface area contributed by atoms with Crippen LogP contribution in [0.15, 0.2) is 35.2 Å². The Morgan fingerprint density at radius 3 is 2.19 bits per heavy atom. The number of benzene rings is 2. The van der Waals surface area contributed by atoms with Crippen LogP contribution in [0.25, 0.3) is 0 Å². The highest BCUT2D eigenvalue weighted by atomic mass is 32.2. The van der Waals surface area contributed by atoms with E-state index in [4.69, 9.17) is 5.73 Å². The summed E-state index contributed by atoms with van der Waals surface area (Å²) in [5.74, 6) is -6.34. The molecule has 0 bridgehead atoms. The number of halogens is 4. The van der Waals surface area contributed by atoms with Crippen molar-refractivity contribution in [2.24, 2.45) is 0 Å². The van der Waals surface area contributed by atoms with E-state index in [-0.39, 0.29) is 5.69 Å². The molecule has 2 rings (SSSR count). The van der Waals surface area contributed by atoms with Gasteiger partial charge in [0.2, 0.25) is 0 Å². The maximum atomic E-state index is 13.5. The van der Waals surface area contributed by atoms with Gasteiger partial charge in [-0.3, -0.25) is 4.72 Å². The Morgan fingerprint density at radius 1 is 0.905 bits per heavy atom. The van der Waals surface area contributed by atoms with Crippen LogP contribution in [0, 0.1) is 23.3 Å². The number of hydrogen-bond donors (Lipinski definition) is 2. The summed E-state index contributed by atoms with van der Waals surface area (Å²) in [6, 6.07) is 4.02. The largest absolute Gasteiger partial charge is 0.399 e. The molecule has 2 aromatic carbocycles. The average Bonchev–Trinajstić information content (AvgIpc) is 2.39. The summed E-state index contributed by atoms with van der Waals surface area (Å²) >= 11 is 0. The minimum absolute atomic E-state index is 0.0554. The van der Waals surface area contributed by atoms with E-state index in [1.165, 1.54) is 6.07 Å². The van der Waals surface area contributed by atoms with Crippen LogP contribution in [0.5, 0.6) is 0 Å². The third-order valence-corrected chi connectivity index (χ3v) is 3.91. The molecule has 0 unspecified atom stereocenters. The van der Waals surface area contributed by atoms with Gasteiger partial charge in [0.15, 0.2) is 17.5 Å². The van der Waals surface area contributed by atoms with E-state index in [0.717, 1.165) is 12.1 Å². The molecule has 0 fully saturated rings. The Hall–Kier alpha value is -2.29. The first-order valence-electron chi connectivity index (χ1n) is 5.43. The van der Waals surface area contributed by atoms with Gasteiger partial charge in [-0.1, -0.05) is 0 Å². The minimum atomic E-state index is -4.65. The normalized spacial score (nSPS) is 11.4. The highest BCUT2D eigenvalue weighted by Gasteiger charge is 2.25. The first kappa shape index (κ1) is 15.1. The van der Waals surface area contributed by atoms with Gasteiger partial charge in [-0.15, -0.1) is 0 Å². The van der Waals surface area contributed by atoms with Crippen molar-refractivity contribution in [3.05, 3.63) is 53.6 Å². The fourth-order valence-corrected chi connectivity index (χ4v) is 2.67. The van der Waals surface area contributed by atoms with Crippen LogP contribution >= 0.6 is 0 Å². The molecule has 0 radical (unpaired) electrons. The van der Waals surface area contributed by atoms with Crippen molar-refractivity contribution < 1.29 is 26.0 Å². The van der Waals surface area contributed by atoms with E-state index >= 15 is 0 Å². The van der Waals surface area contributed by atoms with Crippen LogP contribution < -0.4 is 10.5 Å². The fourth-order valence-electron chi connectivity index (χ4n) is 1.54. The molecule has 0 amide bonds. The summed E-state index contributed by atoms with van der Waals surface area (Å²) in [5.41, 5.74) is 4.89. The van der Waals surface area contributed by atoms with Gasteiger partial charge in [0.25, 0.3) is 10.0 Å². The lowest BCUT2D eigenvalue weighted by Crippen LogP contribution is -2.16. The quantitative estimate of drug-likeness (QED) is 0.519. The Balaban J connectivity index is 2.49. The summed E-state index contributed by atoms with van der Waals surface area (Å²) in [6.45, 7) is 0. The topological polar surface area (TPSA) is 72.2 Å². The first-order chi connectivity index (χ1) is 9.72. The predicted molar refractivity (Wildman–Crippen MR) is 67.9 cm³/mol. The molecule has 0 aliphatic carbocycles. The van der Waals surface area contributed by atoms with Gasteiger partial charge in [-0.25, -0.2) is 26.0 Å². The van der Waals surface area contributed by atoms with Crippen LogP contribution in [-0.4, -0.2) is 8.42 Å². The van der Waals surface area contributed by atoms with Crippen molar-refractivity contribution in [3.8, 4) is 0 Å². The van der Waals surface area contributed by atoms with Crippen molar-refractivity contribution in [3.63, 3.8) is 0 Å². The molecular weight excluding hydrogens is 312 g/mol. The molecular formula is C12H8F4N2O2S. The summed E-state index contributed by atoms with van der Waals surface area (Å²) < 4.78 is 78.3. The van der Waals surface area contributed by atoms with E-state index in [1.54, 1.807) is 4.72 Å². The van der Waals surface area contributed by atoms with Gasteiger partial charge in [-0.2, -0.15) is 0 Å². The molecule has 0 saturated heterocycles. The highest BCUT2D eigenvalue weighted by Crippen LogP contribution is 2.24. The standard InChI is InChI=1S/C12H8F4N2O2S/c13-7-2-1-6(17)5-9(7)18-21(19,20)10-4-3-8(14)11(15)12(10)16/h1-5,18H,17H2. The predicted octanol–water partition coefficient (Wildman–Crippen LogP) is 2.63. The summed E-state index contributed by atoms with van der Waals surface area (Å²) in [4.78, 5) is -1.15. The number of anilines is 2. The molecule has 0 aromatic heterocycles. The molecule has 2 aromatic rings. The van der Waals surface area contributed by atoms with Crippen molar-refractivity contribution in [1.29, 1.82) is 0 Å². The van der Waals surface area contributed by atoms with E-state index in [0.29, 0.717) is 12.1 Å². The van der Waals surface area contributed by atoms with E-state index in [9.17, 15) is 26.0 Å². The minimum Gasteiger partial charge on any atom is -0.399 e. The Kier molecular flexibility index (Phi) is 3.77. The second kappa shape index (κ2) is 5.24. The second-order valence-corrected chi connectivity index (χ2v) is 5.67. The SMILES string of the molecule is Nc1ccc(F)c(NS(=O)(=O)c2ccc(F)c(F)c2F)c1. The van der Waals surface area contributed by atoms with Gasteiger partial charge in [0, 0.05) is 5.69 Å². The number of rotatable bonds is 3. The number of nitrogens with one attached hydrogen (secondary N) is 1. The Labute approximate surface area is 117 Å². The number of nitrogens with two attached hydrogens (primary N) is 1. The molecule has 0 heterocycles. The van der Waals surface area contributed by atoms with Gasteiger partial charge in [-0.05, 0) is 30.3 Å². The van der Waals surface area contributed by atoms with E-state index in [1.807, 2.05) is 0 Å². The number of hydrogen-bond acceptors (Lipinski definition) is 3. The summed E-state index contributed by atoms with van der Waals surface area (Å²) in [6.07, 6.45) is 0. The number of nitrogen functional groups attached to an aromatic ring is 1. The second-order valence-electron chi connectivity index (χ2n) is 4.02. The smallest absolute Gasteiger partial charge is 0.265 e. The average molecular weight is 320 g/mol. The molecule has 0 aliphatic heterocycles. The molecule has 3 N–H and O–H groups in total. The van der Waals surface area contributed by atoms with Gasteiger partial charge in [0.05, 0.1) is 5.69 Å². The van der Waals surface area contributed by atoms with Gasteiger partial charge in [0.1, 0.15) is 10.7 Å². The monoisotopic (exact) mass is 320 g/mol. The lowest BCUT2D eigenvalue weighted by atomic mass is 10.3. The van der Waals surface area contributed by atoms with Crippen LogP contribution in [0.4, 0.5) is 28.9 Å². The number of sulfonamides is 1. The van der Waals surface area contributed by atoms with Crippen LogP contribution in [-0.2, 0) is 10.0 Å². The van der Waals surface area contributed by atoms with Crippen LogP contribution in [0.2, 0.25) is 0 Å². The van der Waals surface area contributed by atoms with E-state index in [2.05, 4.69) is 0 Å². The molecule has 0 saturated carbocycles. The van der Waals surface area contributed by atoms with Gasteiger partial charge < -0.3 is 5.73 Å². The molecule has 21 heavy (non-hydrogen) atoms. The van der Waals surface area contributed by atoms with Crippen molar-refractivity contribution in [2.45, 2.75) is 4.90 Å². The van der Waals surface area contributed by atoms with Crippen LogP contribution in [0.3, 0.4) is 0 Å². The molecule has 4 nitrogen and oxygen atoms in total. The summed E-state index contributed by atoms with van der Waals surface area (Å²) in [7, 11) is -4.65. The Morgan fingerprint density at radius 2 is 1.52 bits per heavy atom. The Bertz CT molecular complexity index is 809. The third-order valence-electron chi connectivity index (χ3n) is 2.52. The van der Waals surface area contributed by atoms with Crippen molar-refractivity contribution in [2.75, 3.05) is 10.5 Å². The molecule has 0 spiro atoms. The highest BCUT2D eigenvalue weighted by molar-refractivity contribution is 7.92. The summed E-state index contributed by atoms with van der Waals surface area (Å²) in [5, 5.41) is 0. The zero-order chi connectivity index (χ0) is 15.8.